The molecule has 2 aromatic rings. The van der Waals surface area contributed by atoms with Crippen LogP contribution in [0.15, 0.2) is 24.5 Å². The van der Waals surface area contributed by atoms with Crippen molar-refractivity contribution in [3.05, 3.63) is 35.8 Å². The highest BCUT2D eigenvalue weighted by atomic mass is 16.5. The van der Waals surface area contributed by atoms with Gasteiger partial charge in [0, 0.05) is 31.4 Å². The van der Waals surface area contributed by atoms with E-state index in [0.29, 0.717) is 37.4 Å². The van der Waals surface area contributed by atoms with Gasteiger partial charge in [0.25, 0.3) is 11.8 Å². The number of ether oxygens (including phenoxy) is 1. The summed E-state index contributed by atoms with van der Waals surface area (Å²) in [5, 5.41) is 21.9. The normalized spacial score (nSPS) is 18.7. The van der Waals surface area contributed by atoms with E-state index in [9.17, 15) is 14.7 Å². The lowest BCUT2D eigenvalue weighted by Crippen LogP contribution is -2.48. The molecule has 31 heavy (non-hydrogen) atoms. The van der Waals surface area contributed by atoms with Crippen molar-refractivity contribution in [2.45, 2.75) is 56.7 Å². The Morgan fingerprint density at radius 2 is 2.00 bits per heavy atom. The van der Waals surface area contributed by atoms with E-state index in [4.69, 9.17) is 4.74 Å². The molecule has 10 nitrogen and oxygen atoms in total. The Morgan fingerprint density at radius 1 is 1.26 bits per heavy atom. The summed E-state index contributed by atoms with van der Waals surface area (Å²) >= 11 is 0. The summed E-state index contributed by atoms with van der Waals surface area (Å²) in [5.74, 6) is 0.108. The van der Waals surface area contributed by atoms with Gasteiger partial charge < -0.3 is 20.1 Å². The number of piperidine rings is 1. The van der Waals surface area contributed by atoms with Crippen LogP contribution in [0.2, 0.25) is 0 Å². The lowest BCUT2D eigenvalue weighted by atomic mass is 9.91. The molecule has 2 aliphatic rings. The van der Waals surface area contributed by atoms with Crippen molar-refractivity contribution >= 4 is 11.8 Å². The van der Waals surface area contributed by atoms with E-state index in [1.54, 1.807) is 23.2 Å². The number of hydrogen-bond donors (Lipinski definition) is 2. The van der Waals surface area contributed by atoms with Gasteiger partial charge in [-0.1, -0.05) is 18.1 Å². The number of hydrogen-bond acceptors (Lipinski definition) is 7. The predicted molar refractivity (Wildman–Crippen MR) is 111 cm³/mol. The number of carbonyl (C=O) groups excluding carboxylic acids is 2. The van der Waals surface area contributed by atoms with Crippen molar-refractivity contribution in [2.24, 2.45) is 0 Å². The second kappa shape index (κ2) is 9.01. The topological polar surface area (TPSA) is 122 Å². The van der Waals surface area contributed by atoms with Gasteiger partial charge >= 0.3 is 0 Å². The minimum absolute atomic E-state index is 0.121. The maximum absolute atomic E-state index is 12.7. The van der Waals surface area contributed by atoms with Crippen molar-refractivity contribution in [3.63, 3.8) is 0 Å². The van der Waals surface area contributed by atoms with Crippen LogP contribution in [0.3, 0.4) is 0 Å². The van der Waals surface area contributed by atoms with Crippen molar-refractivity contribution in [2.75, 3.05) is 20.2 Å². The van der Waals surface area contributed by atoms with Gasteiger partial charge in [0.1, 0.15) is 0 Å². The maximum atomic E-state index is 12.7. The van der Waals surface area contributed by atoms with Crippen molar-refractivity contribution in [1.29, 1.82) is 0 Å². The molecule has 0 bridgehead atoms. The zero-order valence-electron chi connectivity index (χ0n) is 17.7. The highest BCUT2D eigenvalue weighted by molar-refractivity contribution is 5.94. The van der Waals surface area contributed by atoms with Crippen LogP contribution < -0.4 is 10.1 Å². The van der Waals surface area contributed by atoms with Gasteiger partial charge in [-0.2, -0.15) is 0 Å². The maximum Gasteiger partial charge on any atom is 0.273 e. The highest BCUT2D eigenvalue weighted by Gasteiger charge is 2.35. The molecule has 2 aromatic heterocycles. The third-order valence-electron chi connectivity index (χ3n) is 6.09. The van der Waals surface area contributed by atoms with Crippen molar-refractivity contribution in [3.8, 4) is 5.88 Å². The van der Waals surface area contributed by atoms with E-state index in [1.165, 1.54) is 18.0 Å². The zero-order valence-corrected chi connectivity index (χ0v) is 17.7. The molecule has 1 aliphatic heterocycles. The summed E-state index contributed by atoms with van der Waals surface area (Å²) in [4.78, 5) is 30.8. The lowest BCUT2D eigenvalue weighted by molar-refractivity contribution is -0.0318. The fraction of sp³-hybridized carbons (Fsp3) is 0.571. The SMILES string of the molecule is COc1ccc(C(=O)N2CCC(O)(Cn3cc(C(=O)NC4CCCC4)nn3)CC2)cn1. The quantitative estimate of drug-likeness (QED) is 0.704. The molecular formula is C21H28N6O4. The van der Waals surface area contributed by atoms with Crippen molar-refractivity contribution in [1.82, 2.24) is 30.2 Å². The fourth-order valence-corrected chi connectivity index (χ4v) is 4.21. The molecule has 2 amide bonds. The van der Waals surface area contributed by atoms with Gasteiger partial charge in [0.05, 0.1) is 31.0 Å². The first kappa shape index (κ1) is 21.2. The fourth-order valence-electron chi connectivity index (χ4n) is 4.21. The first-order valence-electron chi connectivity index (χ1n) is 10.7. The van der Waals surface area contributed by atoms with Gasteiger partial charge in [-0.25, -0.2) is 9.67 Å². The van der Waals surface area contributed by atoms with Gasteiger partial charge in [-0.15, -0.1) is 5.10 Å². The van der Waals surface area contributed by atoms with E-state index in [1.807, 2.05) is 0 Å². The van der Waals surface area contributed by atoms with Crippen LogP contribution in [-0.4, -0.2) is 73.6 Å². The Hall–Kier alpha value is -3.01. The first-order valence-corrected chi connectivity index (χ1v) is 10.7. The Balaban J connectivity index is 1.30. The minimum Gasteiger partial charge on any atom is -0.481 e. The van der Waals surface area contributed by atoms with E-state index in [-0.39, 0.29) is 30.1 Å². The molecule has 4 rings (SSSR count). The van der Waals surface area contributed by atoms with E-state index in [0.717, 1.165) is 25.7 Å². The highest BCUT2D eigenvalue weighted by Crippen LogP contribution is 2.25. The molecule has 2 fully saturated rings. The second-order valence-corrected chi connectivity index (χ2v) is 8.36. The molecule has 1 saturated carbocycles. The number of aliphatic hydroxyl groups is 1. The monoisotopic (exact) mass is 428 g/mol. The molecule has 0 radical (unpaired) electrons. The van der Waals surface area contributed by atoms with Gasteiger partial charge in [-0.3, -0.25) is 9.59 Å². The average Bonchev–Trinajstić information content (AvgIpc) is 3.46. The molecule has 1 aliphatic carbocycles. The number of carbonyl (C=O) groups is 2. The van der Waals surface area contributed by atoms with E-state index in [2.05, 4.69) is 20.6 Å². The molecule has 0 atom stereocenters. The standard InChI is InChI=1S/C21H28N6O4/c1-31-18-7-6-15(12-22-18)20(29)26-10-8-21(30,9-11-26)14-27-13-17(24-25-27)19(28)23-16-4-2-3-5-16/h6-7,12-13,16,30H,2-5,8-11,14H2,1H3,(H,23,28). The largest absolute Gasteiger partial charge is 0.481 e. The summed E-state index contributed by atoms with van der Waals surface area (Å²) in [6.07, 6.45) is 8.16. The van der Waals surface area contributed by atoms with Crippen LogP contribution >= 0.6 is 0 Å². The summed E-state index contributed by atoms with van der Waals surface area (Å²) in [7, 11) is 1.52. The molecular weight excluding hydrogens is 400 g/mol. The molecule has 3 heterocycles. The van der Waals surface area contributed by atoms with Gasteiger partial charge in [-0.05, 0) is 31.7 Å². The van der Waals surface area contributed by atoms with E-state index < -0.39 is 5.60 Å². The molecule has 0 unspecified atom stereocenters. The number of rotatable bonds is 6. The summed E-state index contributed by atoms with van der Waals surface area (Å²) in [6, 6.07) is 3.55. The van der Waals surface area contributed by atoms with Crippen molar-refractivity contribution < 1.29 is 19.4 Å². The number of likely N-dealkylation sites (tertiary alicyclic amines) is 1. The Bertz CT molecular complexity index is 914. The number of nitrogens with one attached hydrogen (secondary N) is 1. The molecule has 1 saturated heterocycles. The molecule has 0 aromatic carbocycles. The van der Waals surface area contributed by atoms with Crippen LogP contribution in [0, 0.1) is 0 Å². The number of pyridine rings is 1. The van der Waals surface area contributed by atoms with E-state index >= 15 is 0 Å². The summed E-state index contributed by atoms with van der Waals surface area (Å²) in [5.41, 5.74) is -0.266. The average molecular weight is 428 g/mol. The predicted octanol–water partition coefficient (Wildman–Crippen LogP) is 1.02. The molecule has 2 N–H and O–H groups in total. The van der Waals surface area contributed by atoms with Crippen LogP contribution in [0.4, 0.5) is 0 Å². The lowest BCUT2D eigenvalue weighted by Gasteiger charge is -2.38. The third kappa shape index (κ3) is 5.01. The van der Waals surface area contributed by atoms with Crippen LogP contribution in [0.25, 0.3) is 0 Å². The smallest absolute Gasteiger partial charge is 0.273 e. The number of methoxy groups -OCH3 is 1. The zero-order chi connectivity index (χ0) is 21.8. The number of aromatic nitrogens is 4. The first-order chi connectivity index (χ1) is 15.0. The third-order valence-corrected chi connectivity index (χ3v) is 6.09. The minimum atomic E-state index is -1.01. The van der Waals surface area contributed by atoms with Gasteiger partial charge in [0.2, 0.25) is 5.88 Å². The Kier molecular flexibility index (Phi) is 6.17. The Labute approximate surface area is 180 Å². The molecule has 10 heteroatoms. The second-order valence-electron chi connectivity index (χ2n) is 8.36. The Morgan fingerprint density at radius 3 is 2.65 bits per heavy atom. The van der Waals surface area contributed by atoms with Crippen LogP contribution in [0.1, 0.15) is 59.4 Å². The summed E-state index contributed by atoms with van der Waals surface area (Å²) < 4.78 is 6.53. The van der Waals surface area contributed by atoms with Crippen LogP contribution in [0.5, 0.6) is 5.88 Å². The van der Waals surface area contributed by atoms with Crippen LogP contribution in [-0.2, 0) is 6.54 Å². The number of nitrogens with zero attached hydrogens (tertiary/aromatic N) is 5. The molecule has 166 valence electrons. The number of amides is 2. The molecule has 0 spiro atoms. The van der Waals surface area contributed by atoms with Gasteiger partial charge in [0.15, 0.2) is 5.69 Å². The summed E-state index contributed by atoms with van der Waals surface area (Å²) in [6.45, 7) is 1.07.